The molecule has 0 bridgehead atoms. The molecular formula is C11H25NO2Si. The fraction of sp³-hybridized carbons (Fsp3) is 1.00. The van der Waals surface area contributed by atoms with Crippen molar-refractivity contribution in [3.63, 3.8) is 0 Å². The van der Waals surface area contributed by atoms with Crippen LogP contribution in [0.15, 0.2) is 0 Å². The summed E-state index contributed by atoms with van der Waals surface area (Å²) in [4.78, 5) is 0. The smallest absolute Gasteiger partial charge is 0.386 e. The van der Waals surface area contributed by atoms with Crippen molar-refractivity contribution in [3.05, 3.63) is 0 Å². The Bertz CT molecular complexity index is 195. The first-order valence-corrected chi connectivity index (χ1v) is 7.76. The summed E-state index contributed by atoms with van der Waals surface area (Å²) in [5.74, 6) is 0.674. The first kappa shape index (κ1) is 13.2. The molecule has 1 heterocycles. The van der Waals surface area contributed by atoms with Crippen molar-refractivity contribution in [2.24, 2.45) is 5.92 Å². The maximum absolute atomic E-state index is 5.80. The minimum atomic E-state index is -2.09. The van der Waals surface area contributed by atoms with E-state index in [0.29, 0.717) is 11.5 Å². The first-order valence-electron chi connectivity index (χ1n) is 5.92. The molecule has 1 aliphatic heterocycles. The molecule has 1 aliphatic rings. The molecule has 1 fully saturated rings. The molecule has 1 rings (SSSR count). The summed E-state index contributed by atoms with van der Waals surface area (Å²) in [5, 5.41) is 0. The molecule has 1 saturated heterocycles. The lowest BCUT2D eigenvalue weighted by molar-refractivity contribution is 0.126. The lowest BCUT2D eigenvalue weighted by atomic mass is 10.2. The third-order valence-electron chi connectivity index (χ3n) is 3.30. The Morgan fingerprint density at radius 2 is 1.93 bits per heavy atom. The predicted molar refractivity (Wildman–Crippen MR) is 64.8 cm³/mol. The Morgan fingerprint density at radius 3 is 2.40 bits per heavy atom. The Balaban J connectivity index is 2.80. The van der Waals surface area contributed by atoms with Gasteiger partial charge in [-0.2, -0.15) is 0 Å². The zero-order chi connectivity index (χ0) is 11.5. The van der Waals surface area contributed by atoms with Gasteiger partial charge in [-0.15, -0.1) is 0 Å². The van der Waals surface area contributed by atoms with Gasteiger partial charge in [0.05, 0.1) is 0 Å². The quantitative estimate of drug-likeness (QED) is 0.693. The minimum Gasteiger partial charge on any atom is -0.386 e. The molecule has 0 aromatic carbocycles. The fourth-order valence-corrected chi connectivity index (χ4v) is 6.41. The Morgan fingerprint density at radius 1 is 1.33 bits per heavy atom. The number of hydrogen-bond donors (Lipinski definition) is 0. The van der Waals surface area contributed by atoms with Crippen LogP contribution >= 0.6 is 0 Å². The van der Waals surface area contributed by atoms with E-state index in [2.05, 4.69) is 25.3 Å². The normalized spacial score (nSPS) is 27.2. The topological polar surface area (TPSA) is 21.7 Å². The molecule has 90 valence electrons. The maximum Gasteiger partial charge on any atom is 0.430 e. The molecule has 0 amide bonds. The van der Waals surface area contributed by atoms with E-state index >= 15 is 0 Å². The highest BCUT2D eigenvalue weighted by Gasteiger charge is 2.50. The first-order chi connectivity index (χ1) is 7.06. The monoisotopic (exact) mass is 231 g/mol. The van der Waals surface area contributed by atoms with Crippen molar-refractivity contribution in [3.8, 4) is 0 Å². The van der Waals surface area contributed by atoms with Gasteiger partial charge in [0.25, 0.3) is 0 Å². The predicted octanol–water partition coefficient (Wildman–Crippen LogP) is 2.36. The molecule has 4 heteroatoms. The number of nitrogens with zero attached hydrogens (tertiary/aromatic N) is 1. The summed E-state index contributed by atoms with van der Waals surface area (Å²) in [6.07, 6.45) is 2.51. The van der Waals surface area contributed by atoms with E-state index in [1.54, 1.807) is 0 Å². The molecule has 0 N–H and O–H groups in total. The maximum atomic E-state index is 5.80. The molecule has 0 radical (unpaired) electrons. The van der Waals surface area contributed by atoms with Gasteiger partial charge in [-0.3, -0.25) is 4.57 Å². The van der Waals surface area contributed by atoms with Crippen LogP contribution in [0, 0.1) is 5.92 Å². The third kappa shape index (κ3) is 2.61. The molecule has 0 aromatic heterocycles. The largest absolute Gasteiger partial charge is 0.430 e. The number of hydrogen-bond acceptors (Lipinski definition) is 3. The number of rotatable bonds is 4. The zero-order valence-electron chi connectivity index (χ0n) is 10.7. The Labute approximate surface area is 95.1 Å². The van der Waals surface area contributed by atoms with E-state index < -0.39 is 8.72 Å². The van der Waals surface area contributed by atoms with Gasteiger partial charge in [0.2, 0.25) is 0 Å². The van der Waals surface area contributed by atoms with Crippen LogP contribution < -0.4 is 0 Å². The van der Waals surface area contributed by atoms with Gasteiger partial charge >= 0.3 is 8.72 Å². The zero-order valence-corrected chi connectivity index (χ0v) is 11.7. The van der Waals surface area contributed by atoms with Crippen molar-refractivity contribution >= 4 is 8.72 Å². The van der Waals surface area contributed by atoms with Gasteiger partial charge in [-0.05, 0) is 31.8 Å². The van der Waals surface area contributed by atoms with Gasteiger partial charge in [0.1, 0.15) is 0 Å². The van der Waals surface area contributed by atoms with Gasteiger partial charge in [0.15, 0.2) is 0 Å². The van der Waals surface area contributed by atoms with Crippen LogP contribution in [0.5, 0.6) is 0 Å². The van der Waals surface area contributed by atoms with E-state index in [0.717, 1.165) is 13.1 Å². The third-order valence-corrected chi connectivity index (χ3v) is 7.29. The highest BCUT2D eigenvalue weighted by atomic mass is 28.4. The van der Waals surface area contributed by atoms with Gasteiger partial charge in [0, 0.05) is 19.8 Å². The second kappa shape index (κ2) is 5.43. The van der Waals surface area contributed by atoms with Crippen LogP contribution in [0.1, 0.15) is 33.6 Å². The van der Waals surface area contributed by atoms with E-state index in [1.807, 2.05) is 14.2 Å². The Kier molecular flexibility index (Phi) is 4.77. The summed E-state index contributed by atoms with van der Waals surface area (Å²) in [5.41, 5.74) is 0.569. The summed E-state index contributed by atoms with van der Waals surface area (Å²) in [7, 11) is 1.53. The lowest BCUT2D eigenvalue weighted by Gasteiger charge is -2.45. The van der Waals surface area contributed by atoms with E-state index in [1.165, 1.54) is 12.8 Å². The molecule has 0 spiro atoms. The summed E-state index contributed by atoms with van der Waals surface area (Å²) in [6, 6.07) is 0. The molecule has 0 aromatic rings. The second-order valence-corrected chi connectivity index (χ2v) is 8.62. The molecule has 1 atom stereocenters. The summed E-state index contributed by atoms with van der Waals surface area (Å²) in [6.45, 7) is 9.01. The highest BCUT2D eigenvalue weighted by Crippen LogP contribution is 2.35. The SMILES string of the molecule is CO[Si]1(OC)C(C)CCCN1CC(C)C. The van der Waals surface area contributed by atoms with Gasteiger partial charge < -0.3 is 8.85 Å². The fourth-order valence-electron chi connectivity index (χ4n) is 2.64. The molecular weight excluding hydrogens is 206 g/mol. The molecule has 3 nitrogen and oxygen atoms in total. The molecule has 15 heavy (non-hydrogen) atoms. The van der Waals surface area contributed by atoms with Crippen LogP contribution in [-0.2, 0) is 8.85 Å². The molecule has 0 saturated carbocycles. The van der Waals surface area contributed by atoms with Crippen molar-refractivity contribution in [2.75, 3.05) is 27.3 Å². The van der Waals surface area contributed by atoms with Crippen LogP contribution in [-0.4, -0.2) is 40.6 Å². The molecule has 1 unspecified atom stereocenters. The van der Waals surface area contributed by atoms with Gasteiger partial charge in [-0.25, -0.2) is 0 Å². The van der Waals surface area contributed by atoms with Crippen molar-refractivity contribution in [2.45, 2.75) is 39.2 Å². The van der Waals surface area contributed by atoms with Crippen molar-refractivity contribution < 1.29 is 8.85 Å². The van der Waals surface area contributed by atoms with E-state index in [4.69, 9.17) is 8.85 Å². The van der Waals surface area contributed by atoms with Crippen molar-refractivity contribution in [1.29, 1.82) is 0 Å². The van der Waals surface area contributed by atoms with Crippen molar-refractivity contribution in [1.82, 2.24) is 4.57 Å². The lowest BCUT2D eigenvalue weighted by Crippen LogP contribution is -2.63. The van der Waals surface area contributed by atoms with E-state index in [-0.39, 0.29) is 0 Å². The second-order valence-electron chi connectivity index (χ2n) is 4.92. The standard InChI is InChI=1S/C11H25NO2Si/c1-10(2)9-12-8-6-7-11(3)15(12,13-4)14-5/h10-11H,6-9H2,1-5H3. The van der Waals surface area contributed by atoms with E-state index in [9.17, 15) is 0 Å². The Hall–Kier alpha value is 0.0969. The minimum absolute atomic E-state index is 0.569. The molecule has 0 aliphatic carbocycles. The average molecular weight is 231 g/mol. The summed E-state index contributed by atoms with van der Waals surface area (Å²) >= 11 is 0. The van der Waals surface area contributed by atoms with Gasteiger partial charge in [-0.1, -0.05) is 20.8 Å². The van der Waals surface area contributed by atoms with Crippen LogP contribution in [0.4, 0.5) is 0 Å². The average Bonchev–Trinajstić information content (AvgIpc) is 2.18. The van der Waals surface area contributed by atoms with Crippen LogP contribution in [0.2, 0.25) is 5.54 Å². The van der Waals surface area contributed by atoms with Crippen LogP contribution in [0.25, 0.3) is 0 Å². The summed E-state index contributed by atoms with van der Waals surface area (Å²) < 4.78 is 14.1. The highest BCUT2D eigenvalue weighted by molar-refractivity contribution is 6.66. The van der Waals surface area contributed by atoms with Crippen LogP contribution in [0.3, 0.4) is 0 Å².